The minimum absolute atomic E-state index is 0.191. The quantitative estimate of drug-likeness (QED) is 0.626. The summed E-state index contributed by atoms with van der Waals surface area (Å²) in [5.74, 6) is -1.64. The zero-order valence-corrected chi connectivity index (χ0v) is 11.1. The van der Waals surface area contributed by atoms with Crippen molar-refractivity contribution in [3.05, 3.63) is 71.2 Å². The van der Waals surface area contributed by atoms with Crippen molar-refractivity contribution >= 4 is 11.9 Å². The van der Waals surface area contributed by atoms with E-state index in [1.54, 1.807) is 24.3 Å². The van der Waals surface area contributed by atoms with Crippen molar-refractivity contribution in [3.8, 4) is 0 Å². The van der Waals surface area contributed by atoms with Gasteiger partial charge in [0.1, 0.15) is 6.04 Å². The van der Waals surface area contributed by atoms with E-state index in [1.165, 1.54) is 24.5 Å². The molecule has 2 N–H and O–H groups in total. The number of amides is 1. The van der Waals surface area contributed by atoms with Crippen LogP contribution in [-0.2, 0) is 11.2 Å². The number of hydrogen-bond acceptors (Lipinski definition) is 3. The van der Waals surface area contributed by atoms with E-state index in [0.717, 1.165) is 5.56 Å². The molecule has 0 radical (unpaired) electrons. The number of nitrogens with zero attached hydrogens (tertiary/aromatic N) is 1. The van der Waals surface area contributed by atoms with E-state index in [2.05, 4.69) is 5.32 Å². The van der Waals surface area contributed by atoms with Crippen molar-refractivity contribution in [1.29, 1.82) is 0 Å². The molecule has 0 aliphatic rings. The summed E-state index contributed by atoms with van der Waals surface area (Å²) in [6.07, 6.45) is 2.56. The third-order valence-electron chi connectivity index (χ3n) is 2.95. The highest BCUT2D eigenvalue weighted by atomic mass is 16.5. The van der Waals surface area contributed by atoms with Crippen LogP contribution in [0.4, 0.5) is 0 Å². The molecule has 6 nitrogen and oxygen atoms in total. The summed E-state index contributed by atoms with van der Waals surface area (Å²) < 4.78 is 0.551. The molecule has 1 amide bonds. The average Bonchev–Trinajstić information content (AvgIpc) is 2.48. The fraction of sp³-hybridized carbons (Fsp3) is 0.133. The number of hydrogen-bond donors (Lipinski definition) is 2. The highest BCUT2D eigenvalue weighted by Gasteiger charge is 2.21. The summed E-state index contributed by atoms with van der Waals surface area (Å²) in [5.41, 5.74) is 1.05. The van der Waals surface area contributed by atoms with Crippen LogP contribution in [-0.4, -0.2) is 23.0 Å². The molecule has 0 fully saturated rings. The molecule has 2 rings (SSSR count). The van der Waals surface area contributed by atoms with Gasteiger partial charge in [0.25, 0.3) is 5.91 Å². The van der Waals surface area contributed by atoms with Crippen molar-refractivity contribution in [1.82, 2.24) is 5.32 Å². The van der Waals surface area contributed by atoms with Gasteiger partial charge in [0, 0.05) is 18.6 Å². The van der Waals surface area contributed by atoms with Gasteiger partial charge in [-0.2, -0.15) is 4.73 Å². The average molecular weight is 286 g/mol. The summed E-state index contributed by atoms with van der Waals surface area (Å²) in [5, 5.41) is 22.6. The fourth-order valence-electron chi connectivity index (χ4n) is 1.86. The Balaban J connectivity index is 2.07. The number of carboxylic acid groups (broad SMARTS) is 1. The van der Waals surface area contributed by atoms with Crippen LogP contribution < -0.4 is 10.0 Å². The molecule has 0 aliphatic carbocycles. The number of carbonyl (C=O) groups is 2. The Bertz CT molecular complexity index is 626. The van der Waals surface area contributed by atoms with Gasteiger partial charge < -0.3 is 15.6 Å². The SMILES string of the molecule is O=C(N[C@@H](Cc1ccccc1)C(=O)O)c1cc[n+]([O-])cc1. The maximum atomic E-state index is 12.0. The van der Waals surface area contributed by atoms with Crippen LogP contribution in [0.2, 0.25) is 0 Å². The van der Waals surface area contributed by atoms with E-state index in [1.807, 2.05) is 6.07 Å². The highest BCUT2D eigenvalue weighted by Crippen LogP contribution is 2.05. The van der Waals surface area contributed by atoms with Crippen LogP contribution in [0, 0.1) is 5.21 Å². The molecule has 0 aliphatic heterocycles. The molecule has 0 spiro atoms. The van der Waals surface area contributed by atoms with Crippen molar-refractivity contribution in [2.45, 2.75) is 12.5 Å². The van der Waals surface area contributed by atoms with Gasteiger partial charge in [-0.05, 0) is 5.56 Å². The molecule has 0 saturated carbocycles. The third-order valence-corrected chi connectivity index (χ3v) is 2.95. The second-order valence-electron chi connectivity index (χ2n) is 4.50. The van der Waals surface area contributed by atoms with Gasteiger partial charge in [-0.3, -0.25) is 4.79 Å². The molecule has 6 heteroatoms. The molecular weight excluding hydrogens is 272 g/mol. The second kappa shape index (κ2) is 6.51. The Morgan fingerprint density at radius 3 is 2.33 bits per heavy atom. The van der Waals surface area contributed by atoms with Crippen LogP contribution in [0.1, 0.15) is 15.9 Å². The summed E-state index contributed by atoms with van der Waals surface area (Å²) in [6, 6.07) is 10.7. The lowest BCUT2D eigenvalue weighted by Crippen LogP contribution is -2.42. The van der Waals surface area contributed by atoms with Crippen molar-refractivity contribution in [2.24, 2.45) is 0 Å². The molecule has 0 saturated heterocycles. The molecular formula is C15H14N2O4. The van der Waals surface area contributed by atoms with Crippen molar-refractivity contribution < 1.29 is 19.4 Å². The number of benzene rings is 1. The maximum absolute atomic E-state index is 12.0. The predicted molar refractivity (Wildman–Crippen MR) is 74.4 cm³/mol. The minimum atomic E-state index is -1.11. The fourth-order valence-corrected chi connectivity index (χ4v) is 1.86. The van der Waals surface area contributed by atoms with Crippen LogP contribution in [0.3, 0.4) is 0 Å². The van der Waals surface area contributed by atoms with Crippen molar-refractivity contribution in [2.75, 3.05) is 0 Å². The monoisotopic (exact) mass is 286 g/mol. The second-order valence-corrected chi connectivity index (χ2v) is 4.50. The molecule has 1 aromatic carbocycles. The van der Waals surface area contributed by atoms with Gasteiger partial charge in [0.05, 0.1) is 5.56 Å². The number of aliphatic carboxylic acids is 1. The first-order chi connectivity index (χ1) is 10.1. The first-order valence-corrected chi connectivity index (χ1v) is 6.32. The summed E-state index contributed by atoms with van der Waals surface area (Å²) in [7, 11) is 0. The van der Waals surface area contributed by atoms with E-state index >= 15 is 0 Å². The first kappa shape index (κ1) is 14.5. The number of carbonyl (C=O) groups excluding carboxylic acids is 1. The normalized spacial score (nSPS) is 11.6. The van der Waals surface area contributed by atoms with E-state index in [4.69, 9.17) is 0 Å². The summed E-state index contributed by atoms with van der Waals surface area (Å²) in [6.45, 7) is 0. The number of carboxylic acids is 1. The Hall–Kier alpha value is -2.89. The maximum Gasteiger partial charge on any atom is 0.326 e. The van der Waals surface area contributed by atoms with Gasteiger partial charge in [0.15, 0.2) is 12.4 Å². The molecule has 2 aromatic rings. The third kappa shape index (κ3) is 4.04. The molecule has 0 unspecified atom stereocenters. The van der Waals surface area contributed by atoms with E-state index in [0.29, 0.717) is 4.73 Å². The van der Waals surface area contributed by atoms with Gasteiger partial charge in [0.2, 0.25) is 0 Å². The van der Waals surface area contributed by atoms with Crippen LogP contribution in [0.5, 0.6) is 0 Å². The summed E-state index contributed by atoms with van der Waals surface area (Å²) in [4.78, 5) is 23.2. The van der Waals surface area contributed by atoms with E-state index in [9.17, 15) is 19.9 Å². The number of pyridine rings is 1. The number of rotatable bonds is 5. The largest absolute Gasteiger partial charge is 0.619 e. The zero-order valence-electron chi connectivity index (χ0n) is 11.1. The Labute approximate surface area is 121 Å². The number of aromatic nitrogens is 1. The lowest BCUT2D eigenvalue weighted by atomic mass is 10.1. The van der Waals surface area contributed by atoms with Gasteiger partial charge in [-0.1, -0.05) is 30.3 Å². The molecule has 21 heavy (non-hydrogen) atoms. The molecule has 1 aromatic heterocycles. The van der Waals surface area contributed by atoms with Gasteiger partial charge in [-0.15, -0.1) is 0 Å². The zero-order chi connectivity index (χ0) is 15.2. The molecule has 0 bridgehead atoms. The topological polar surface area (TPSA) is 93.3 Å². The smallest absolute Gasteiger partial charge is 0.326 e. The Kier molecular flexibility index (Phi) is 4.50. The lowest BCUT2D eigenvalue weighted by molar-refractivity contribution is -0.605. The molecule has 1 atom stereocenters. The van der Waals surface area contributed by atoms with Crippen LogP contribution in [0.25, 0.3) is 0 Å². The molecule has 108 valence electrons. The Morgan fingerprint density at radius 1 is 1.14 bits per heavy atom. The van der Waals surface area contributed by atoms with Crippen LogP contribution in [0.15, 0.2) is 54.9 Å². The summed E-state index contributed by atoms with van der Waals surface area (Å²) >= 11 is 0. The van der Waals surface area contributed by atoms with E-state index < -0.39 is 17.9 Å². The van der Waals surface area contributed by atoms with E-state index in [-0.39, 0.29) is 12.0 Å². The molecule has 1 heterocycles. The first-order valence-electron chi connectivity index (χ1n) is 6.32. The minimum Gasteiger partial charge on any atom is -0.619 e. The van der Waals surface area contributed by atoms with Crippen molar-refractivity contribution in [3.63, 3.8) is 0 Å². The standard InChI is InChI=1S/C15H14N2O4/c18-14(12-6-8-17(21)9-7-12)16-13(15(19)20)10-11-4-2-1-3-5-11/h1-9,13H,10H2,(H,16,18)(H,19,20)/t13-/m0/s1. The van der Waals surface area contributed by atoms with Gasteiger partial charge in [-0.25, -0.2) is 4.79 Å². The lowest BCUT2D eigenvalue weighted by Gasteiger charge is -2.14. The number of nitrogens with one attached hydrogen (secondary N) is 1. The predicted octanol–water partition coefficient (Wildman–Crippen LogP) is 0.746. The van der Waals surface area contributed by atoms with Gasteiger partial charge >= 0.3 is 5.97 Å². The van der Waals surface area contributed by atoms with Crippen LogP contribution >= 0.6 is 0 Å². The highest BCUT2D eigenvalue weighted by molar-refractivity contribution is 5.96. The Morgan fingerprint density at radius 2 is 1.76 bits per heavy atom.